The van der Waals surface area contributed by atoms with Crippen molar-refractivity contribution < 1.29 is 9.53 Å². The Bertz CT molecular complexity index is 553. The number of amides is 1. The third-order valence-corrected chi connectivity index (χ3v) is 3.03. The van der Waals surface area contributed by atoms with E-state index in [-0.39, 0.29) is 5.91 Å². The Morgan fingerprint density at radius 3 is 2.80 bits per heavy atom. The lowest BCUT2D eigenvalue weighted by molar-refractivity contribution is -0.131. The molecule has 0 radical (unpaired) electrons. The quantitative estimate of drug-likeness (QED) is 0.862. The second kappa shape index (κ2) is 6.81. The van der Waals surface area contributed by atoms with Gasteiger partial charge in [0.2, 0.25) is 0 Å². The summed E-state index contributed by atoms with van der Waals surface area (Å²) >= 11 is 0. The van der Waals surface area contributed by atoms with Gasteiger partial charge in [-0.2, -0.15) is 0 Å². The number of methoxy groups -OCH3 is 1. The zero-order valence-corrected chi connectivity index (χ0v) is 11.6. The van der Waals surface area contributed by atoms with Gasteiger partial charge in [0, 0.05) is 13.7 Å². The highest BCUT2D eigenvalue weighted by Crippen LogP contribution is 2.16. The van der Waals surface area contributed by atoms with Crippen LogP contribution < -0.4 is 5.32 Å². The minimum absolute atomic E-state index is 0.190. The summed E-state index contributed by atoms with van der Waals surface area (Å²) < 4.78 is 7.15. The standard InChI is InChI=1S/C14H18N4O2/c1-3-18-10-16-17-12(18)9-15-14(19)13(20-2)11-7-5-4-6-8-11/h4-8,10,13H,3,9H2,1-2H3,(H,15,19)/t13-/m1/s1. The molecule has 0 unspecified atom stereocenters. The molecular formula is C14H18N4O2. The van der Waals surface area contributed by atoms with Gasteiger partial charge in [-0.15, -0.1) is 10.2 Å². The van der Waals surface area contributed by atoms with Crippen LogP contribution in [0.1, 0.15) is 24.4 Å². The zero-order valence-electron chi connectivity index (χ0n) is 11.6. The van der Waals surface area contributed by atoms with Crippen LogP contribution in [0.2, 0.25) is 0 Å². The number of nitrogens with zero attached hydrogens (tertiary/aromatic N) is 3. The van der Waals surface area contributed by atoms with Gasteiger partial charge < -0.3 is 14.6 Å². The van der Waals surface area contributed by atoms with Gasteiger partial charge in [0.25, 0.3) is 5.91 Å². The van der Waals surface area contributed by atoms with Crippen molar-refractivity contribution >= 4 is 5.91 Å². The summed E-state index contributed by atoms with van der Waals surface area (Å²) in [6, 6.07) is 9.38. The number of aryl methyl sites for hydroxylation is 1. The molecule has 0 bridgehead atoms. The average molecular weight is 274 g/mol. The number of carbonyl (C=O) groups excluding carboxylic acids is 1. The fourth-order valence-corrected chi connectivity index (χ4v) is 1.96. The molecule has 1 amide bonds. The second-order valence-electron chi connectivity index (χ2n) is 4.28. The second-order valence-corrected chi connectivity index (χ2v) is 4.28. The largest absolute Gasteiger partial charge is 0.367 e. The number of benzene rings is 1. The van der Waals surface area contributed by atoms with Gasteiger partial charge in [-0.1, -0.05) is 30.3 Å². The highest BCUT2D eigenvalue weighted by atomic mass is 16.5. The molecule has 0 fully saturated rings. The SMILES string of the molecule is CCn1cnnc1CNC(=O)[C@H](OC)c1ccccc1. The summed E-state index contributed by atoms with van der Waals surface area (Å²) in [5.41, 5.74) is 0.824. The first-order valence-corrected chi connectivity index (χ1v) is 6.48. The van der Waals surface area contributed by atoms with E-state index in [1.54, 1.807) is 6.33 Å². The van der Waals surface area contributed by atoms with Crippen molar-refractivity contribution in [2.45, 2.75) is 26.1 Å². The molecule has 1 aromatic carbocycles. The van der Waals surface area contributed by atoms with Crippen LogP contribution >= 0.6 is 0 Å². The van der Waals surface area contributed by atoms with E-state index in [1.165, 1.54) is 7.11 Å². The zero-order chi connectivity index (χ0) is 14.4. The molecule has 6 heteroatoms. The first kappa shape index (κ1) is 14.2. The predicted molar refractivity (Wildman–Crippen MR) is 73.7 cm³/mol. The number of aromatic nitrogens is 3. The van der Waals surface area contributed by atoms with Crippen molar-refractivity contribution in [1.82, 2.24) is 20.1 Å². The molecule has 0 aliphatic carbocycles. The third-order valence-electron chi connectivity index (χ3n) is 3.03. The molecule has 0 saturated carbocycles. The van der Waals surface area contributed by atoms with E-state index in [0.717, 1.165) is 17.9 Å². The van der Waals surface area contributed by atoms with Crippen LogP contribution in [0.15, 0.2) is 36.7 Å². The van der Waals surface area contributed by atoms with Crippen molar-refractivity contribution in [2.24, 2.45) is 0 Å². The number of hydrogen-bond donors (Lipinski definition) is 1. The molecule has 0 saturated heterocycles. The minimum atomic E-state index is -0.616. The monoisotopic (exact) mass is 274 g/mol. The van der Waals surface area contributed by atoms with E-state index in [1.807, 2.05) is 41.8 Å². The number of carbonyl (C=O) groups is 1. The highest BCUT2D eigenvalue weighted by Gasteiger charge is 2.19. The number of rotatable bonds is 6. The van der Waals surface area contributed by atoms with Crippen molar-refractivity contribution in [3.8, 4) is 0 Å². The Morgan fingerprint density at radius 1 is 1.40 bits per heavy atom. The fourth-order valence-electron chi connectivity index (χ4n) is 1.96. The van der Waals surface area contributed by atoms with Gasteiger partial charge in [-0.05, 0) is 12.5 Å². The Morgan fingerprint density at radius 2 is 2.15 bits per heavy atom. The molecule has 0 aliphatic rings. The summed E-state index contributed by atoms with van der Waals surface area (Å²) in [7, 11) is 1.52. The van der Waals surface area contributed by atoms with E-state index in [2.05, 4.69) is 15.5 Å². The van der Waals surface area contributed by atoms with Gasteiger partial charge in [-0.25, -0.2) is 0 Å². The van der Waals surface area contributed by atoms with E-state index < -0.39 is 6.10 Å². The number of hydrogen-bond acceptors (Lipinski definition) is 4. The Kier molecular flexibility index (Phi) is 4.84. The molecule has 20 heavy (non-hydrogen) atoms. The van der Waals surface area contributed by atoms with Crippen molar-refractivity contribution in [3.05, 3.63) is 48.0 Å². The van der Waals surface area contributed by atoms with Crippen LogP contribution in [0, 0.1) is 0 Å². The Hall–Kier alpha value is -2.21. The normalized spacial score (nSPS) is 12.1. The molecule has 6 nitrogen and oxygen atoms in total. The van der Waals surface area contributed by atoms with Crippen LogP contribution in [-0.2, 0) is 22.6 Å². The van der Waals surface area contributed by atoms with Gasteiger partial charge in [-0.3, -0.25) is 4.79 Å². The number of nitrogens with one attached hydrogen (secondary N) is 1. The Balaban J connectivity index is 2.00. The van der Waals surface area contributed by atoms with Gasteiger partial charge in [0.15, 0.2) is 11.9 Å². The molecule has 2 rings (SSSR count). The first-order chi connectivity index (χ1) is 9.76. The fraction of sp³-hybridized carbons (Fsp3) is 0.357. The van der Waals surface area contributed by atoms with E-state index in [0.29, 0.717) is 6.54 Å². The van der Waals surface area contributed by atoms with Crippen LogP contribution in [0.3, 0.4) is 0 Å². The summed E-state index contributed by atoms with van der Waals surface area (Å²) in [5.74, 6) is 0.535. The molecule has 1 heterocycles. The summed E-state index contributed by atoms with van der Waals surface area (Å²) in [4.78, 5) is 12.2. The molecule has 0 aliphatic heterocycles. The molecular weight excluding hydrogens is 256 g/mol. The van der Waals surface area contributed by atoms with Crippen LogP contribution in [0.5, 0.6) is 0 Å². The van der Waals surface area contributed by atoms with Gasteiger partial charge in [0.05, 0.1) is 6.54 Å². The first-order valence-electron chi connectivity index (χ1n) is 6.48. The van der Waals surface area contributed by atoms with Gasteiger partial charge >= 0.3 is 0 Å². The van der Waals surface area contributed by atoms with Crippen molar-refractivity contribution in [2.75, 3.05) is 7.11 Å². The maximum absolute atomic E-state index is 12.2. The van der Waals surface area contributed by atoms with E-state index in [9.17, 15) is 4.79 Å². The lowest BCUT2D eigenvalue weighted by Gasteiger charge is -2.15. The topological polar surface area (TPSA) is 69.0 Å². The predicted octanol–water partition coefficient (Wildman–Crippen LogP) is 1.30. The maximum atomic E-state index is 12.2. The molecule has 1 aromatic heterocycles. The van der Waals surface area contributed by atoms with Crippen LogP contribution in [-0.4, -0.2) is 27.8 Å². The van der Waals surface area contributed by atoms with Crippen molar-refractivity contribution in [1.29, 1.82) is 0 Å². The average Bonchev–Trinajstić information content (AvgIpc) is 2.94. The van der Waals surface area contributed by atoms with E-state index in [4.69, 9.17) is 4.74 Å². The minimum Gasteiger partial charge on any atom is -0.367 e. The van der Waals surface area contributed by atoms with Crippen molar-refractivity contribution in [3.63, 3.8) is 0 Å². The summed E-state index contributed by atoms with van der Waals surface area (Å²) in [6.07, 6.45) is 1.03. The number of ether oxygens (including phenoxy) is 1. The smallest absolute Gasteiger partial charge is 0.254 e. The lowest BCUT2D eigenvalue weighted by atomic mass is 10.1. The molecule has 1 N–H and O–H groups in total. The molecule has 0 spiro atoms. The van der Waals surface area contributed by atoms with Gasteiger partial charge in [0.1, 0.15) is 6.33 Å². The third kappa shape index (κ3) is 3.21. The Labute approximate surface area is 117 Å². The van der Waals surface area contributed by atoms with Crippen LogP contribution in [0.4, 0.5) is 0 Å². The maximum Gasteiger partial charge on any atom is 0.254 e. The highest BCUT2D eigenvalue weighted by molar-refractivity contribution is 5.82. The summed E-state index contributed by atoms with van der Waals surface area (Å²) in [6.45, 7) is 3.10. The molecule has 106 valence electrons. The summed E-state index contributed by atoms with van der Waals surface area (Å²) in [5, 5.41) is 10.6. The molecule has 2 aromatic rings. The van der Waals surface area contributed by atoms with E-state index >= 15 is 0 Å². The lowest BCUT2D eigenvalue weighted by Crippen LogP contribution is -2.31. The molecule has 1 atom stereocenters. The van der Waals surface area contributed by atoms with Crippen LogP contribution in [0.25, 0.3) is 0 Å².